The van der Waals surface area contributed by atoms with Crippen LogP contribution in [0.25, 0.3) is 11.0 Å². The van der Waals surface area contributed by atoms with Crippen LogP contribution in [-0.4, -0.2) is 47.3 Å². The Hall–Kier alpha value is -3.16. The van der Waals surface area contributed by atoms with Crippen molar-refractivity contribution in [2.24, 2.45) is 0 Å². The molecule has 30 heavy (non-hydrogen) atoms. The van der Waals surface area contributed by atoms with Crippen LogP contribution in [0.15, 0.2) is 28.7 Å². The quantitative estimate of drug-likeness (QED) is 0.444. The van der Waals surface area contributed by atoms with Crippen molar-refractivity contribution in [1.29, 1.82) is 0 Å². The van der Waals surface area contributed by atoms with Gasteiger partial charge in [-0.2, -0.15) is 0 Å². The minimum absolute atomic E-state index is 0.0664. The maximum absolute atomic E-state index is 12.7. The third kappa shape index (κ3) is 3.58. The summed E-state index contributed by atoms with van der Waals surface area (Å²) in [6.07, 6.45) is 3.93. The summed E-state index contributed by atoms with van der Waals surface area (Å²) in [4.78, 5) is 50.5. The number of Topliss-reactive ketones (excluding diaryl/α,β-unsaturated/α-hetero) is 1. The minimum atomic E-state index is -0.811. The lowest BCUT2D eigenvalue weighted by Gasteiger charge is -2.30. The van der Waals surface area contributed by atoms with Crippen LogP contribution in [-0.2, 0) is 14.3 Å². The number of rotatable bonds is 6. The first-order chi connectivity index (χ1) is 14.4. The number of ketones is 1. The Balaban J connectivity index is 1.31. The minimum Gasteiger partial charge on any atom is -0.457 e. The molecule has 1 aliphatic carbocycles. The highest BCUT2D eigenvalue weighted by Crippen LogP contribution is 2.33. The van der Waals surface area contributed by atoms with Crippen LogP contribution in [0.4, 0.5) is 4.79 Å². The number of amides is 3. The van der Waals surface area contributed by atoms with Gasteiger partial charge >= 0.3 is 12.0 Å². The molecule has 1 aliphatic heterocycles. The van der Waals surface area contributed by atoms with Gasteiger partial charge in [0.15, 0.2) is 12.4 Å². The zero-order chi connectivity index (χ0) is 21.3. The second kappa shape index (κ2) is 7.93. The molecule has 1 spiro atoms. The van der Waals surface area contributed by atoms with Crippen molar-refractivity contribution in [2.45, 2.75) is 51.0 Å². The van der Waals surface area contributed by atoms with Crippen LogP contribution in [0.2, 0.25) is 0 Å². The molecule has 0 unspecified atom stereocenters. The van der Waals surface area contributed by atoms with Gasteiger partial charge in [-0.3, -0.25) is 19.3 Å². The summed E-state index contributed by atoms with van der Waals surface area (Å²) in [5, 5.41) is 3.64. The zero-order valence-electron chi connectivity index (χ0n) is 16.9. The molecule has 0 atom stereocenters. The van der Waals surface area contributed by atoms with E-state index in [4.69, 9.17) is 9.15 Å². The first kappa shape index (κ1) is 20.1. The second-order valence-corrected chi connectivity index (χ2v) is 7.92. The molecule has 158 valence electrons. The van der Waals surface area contributed by atoms with Crippen LogP contribution < -0.4 is 5.32 Å². The number of urea groups is 1. The van der Waals surface area contributed by atoms with E-state index in [1.54, 1.807) is 13.0 Å². The van der Waals surface area contributed by atoms with Crippen molar-refractivity contribution in [3.8, 4) is 0 Å². The summed E-state index contributed by atoms with van der Waals surface area (Å²) < 4.78 is 10.6. The highest BCUT2D eigenvalue weighted by molar-refractivity contribution is 6.07. The molecule has 8 nitrogen and oxygen atoms in total. The van der Waals surface area contributed by atoms with Crippen molar-refractivity contribution in [1.82, 2.24) is 10.2 Å². The SMILES string of the molecule is Cc1c(C(=O)COC(=O)CCN2C(=O)NC3(CCCCC3)C2=O)oc2ccccc12. The van der Waals surface area contributed by atoms with Gasteiger partial charge in [0.25, 0.3) is 5.91 Å². The standard InChI is InChI=1S/C22H24N2O6/c1-14-15-7-3-4-8-17(15)30-19(14)16(25)13-29-18(26)9-12-24-20(27)22(23-21(24)28)10-5-2-6-11-22/h3-4,7-8H,2,5-6,9-13H2,1H3,(H,23,28). The number of carbonyl (C=O) groups is 4. The normalized spacial score (nSPS) is 18.1. The molecule has 2 heterocycles. The predicted molar refractivity (Wildman–Crippen MR) is 107 cm³/mol. The summed E-state index contributed by atoms with van der Waals surface area (Å²) in [6.45, 7) is 1.26. The molecular weight excluding hydrogens is 388 g/mol. The molecule has 1 aromatic heterocycles. The van der Waals surface area contributed by atoms with Gasteiger partial charge in [-0.25, -0.2) is 4.79 Å². The van der Waals surface area contributed by atoms with Gasteiger partial charge in [-0.1, -0.05) is 37.5 Å². The number of nitrogens with zero attached hydrogens (tertiary/aromatic N) is 1. The summed E-state index contributed by atoms with van der Waals surface area (Å²) in [5.74, 6) is -1.19. The summed E-state index contributed by atoms with van der Waals surface area (Å²) >= 11 is 0. The molecule has 4 rings (SSSR count). The van der Waals surface area contributed by atoms with E-state index in [1.807, 2.05) is 18.2 Å². The van der Waals surface area contributed by atoms with Crippen LogP contribution in [0.3, 0.4) is 0 Å². The van der Waals surface area contributed by atoms with Crippen molar-refractivity contribution in [2.75, 3.05) is 13.2 Å². The van der Waals surface area contributed by atoms with Crippen LogP contribution in [0.1, 0.15) is 54.6 Å². The highest BCUT2D eigenvalue weighted by Gasteiger charge is 2.51. The molecule has 8 heteroatoms. The van der Waals surface area contributed by atoms with Crippen molar-refractivity contribution < 1.29 is 28.3 Å². The number of nitrogens with one attached hydrogen (secondary N) is 1. The number of imide groups is 1. The van der Waals surface area contributed by atoms with Gasteiger partial charge in [0.05, 0.1) is 6.42 Å². The number of aryl methyl sites for hydroxylation is 1. The number of benzene rings is 1. The Morgan fingerprint density at radius 2 is 1.90 bits per heavy atom. The molecule has 2 aliphatic rings. The maximum Gasteiger partial charge on any atom is 0.325 e. The summed E-state index contributed by atoms with van der Waals surface area (Å²) in [5.41, 5.74) is 0.484. The third-order valence-corrected chi connectivity index (χ3v) is 5.95. The number of furan rings is 1. The molecule has 1 saturated heterocycles. The van der Waals surface area contributed by atoms with E-state index < -0.39 is 29.9 Å². The highest BCUT2D eigenvalue weighted by atomic mass is 16.5. The zero-order valence-corrected chi connectivity index (χ0v) is 16.9. The topological polar surface area (TPSA) is 106 Å². The van der Waals surface area contributed by atoms with Gasteiger partial charge in [-0.05, 0) is 25.8 Å². The lowest BCUT2D eigenvalue weighted by Crippen LogP contribution is -2.48. The first-order valence-electron chi connectivity index (χ1n) is 10.2. The second-order valence-electron chi connectivity index (χ2n) is 7.92. The Bertz CT molecular complexity index is 1020. The first-order valence-corrected chi connectivity index (χ1v) is 10.2. The number of carbonyl (C=O) groups excluding carboxylic acids is 4. The average molecular weight is 412 g/mol. The molecule has 1 N–H and O–H groups in total. The maximum atomic E-state index is 12.7. The largest absolute Gasteiger partial charge is 0.457 e. The fraction of sp³-hybridized carbons (Fsp3) is 0.455. The van der Waals surface area contributed by atoms with E-state index in [-0.39, 0.29) is 24.6 Å². The van der Waals surface area contributed by atoms with E-state index in [9.17, 15) is 19.2 Å². The predicted octanol–water partition coefficient (Wildman–Crippen LogP) is 3.11. The van der Waals surface area contributed by atoms with E-state index in [0.717, 1.165) is 29.5 Å². The number of hydrogen-bond donors (Lipinski definition) is 1. The number of ether oxygens (including phenoxy) is 1. The molecule has 1 aromatic carbocycles. The van der Waals surface area contributed by atoms with Crippen molar-refractivity contribution in [3.63, 3.8) is 0 Å². The monoisotopic (exact) mass is 412 g/mol. The van der Waals surface area contributed by atoms with Gasteiger partial charge < -0.3 is 14.5 Å². The van der Waals surface area contributed by atoms with Gasteiger partial charge in [-0.15, -0.1) is 0 Å². The van der Waals surface area contributed by atoms with E-state index in [0.29, 0.717) is 24.0 Å². The third-order valence-electron chi connectivity index (χ3n) is 5.95. The Morgan fingerprint density at radius 1 is 1.17 bits per heavy atom. The van der Waals surface area contributed by atoms with E-state index in [1.165, 1.54) is 0 Å². The van der Waals surface area contributed by atoms with Crippen LogP contribution in [0.5, 0.6) is 0 Å². The summed E-state index contributed by atoms with van der Waals surface area (Å²) in [7, 11) is 0. The summed E-state index contributed by atoms with van der Waals surface area (Å²) in [6, 6.07) is 6.82. The van der Waals surface area contributed by atoms with Crippen molar-refractivity contribution >= 4 is 34.7 Å². The molecule has 1 saturated carbocycles. The molecule has 2 aromatic rings. The van der Waals surface area contributed by atoms with E-state index >= 15 is 0 Å². The number of hydrogen-bond acceptors (Lipinski definition) is 6. The molecule has 2 fully saturated rings. The molecular formula is C22H24N2O6. The van der Waals surface area contributed by atoms with Crippen LogP contribution in [0, 0.1) is 6.92 Å². The van der Waals surface area contributed by atoms with Gasteiger partial charge in [0.2, 0.25) is 5.78 Å². The van der Waals surface area contributed by atoms with E-state index in [2.05, 4.69) is 5.32 Å². The lowest BCUT2D eigenvalue weighted by atomic mass is 9.82. The Morgan fingerprint density at radius 3 is 2.63 bits per heavy atom. The number of para-hydroxylation sites is 1. The lowest BCUT2D eigenvalue weighted by molar-refractivity contribution is -0.143. The van der Waals surface area contributed by atoms with Gasteiger partial charge in [0.1, 0.15) is 11.1 Å². The fourth-order valence-corrected chi connectivity index (χ4v) is 4.30. The molecule has 0 radical (unpaired) electrons. The molecule has 3 amide bonds. The smallest absolute Gasteiger partial charge is 0.325 e. The van der Waals surface area contributed by atoms with Crippen molar-refractivity contribution in [3.05, 3.63) is 35.6 Å². The van der Waals surface area contributed by atoms with Gasteiger partial charge in [0, 0.05) is 17.5 Å². The number of fused-ring (bicyclic) bond motifs is 1. The molecule has 0 bridgehead atoms. The Kier molecular flexibility index (Phi) is 5.32. The Labute approximate surface area is 173 Å². The van der Waals surface area contributed by atoms with Crippen LogP contribution >= 0.6 is 0 Å². The fourth-order valence-electron chi connectivity index (χ4n) is 4.30. The number of esters is 1. The average Bonchev–Trinajstić information content (AvgIpc) is 3.20.